The lowest BCUT2D eigenvalue weighted by Gasteiger charge is -2.17. The van der Waals surface area contributed by atoms with Gasteiger partial charge in [0.25, 0.3) is 5.91 Å². The van der Waals surface area contributed by atoms with Gasteiger partial charge in [-0.3, -0.25) is 4.79 Å². The summed E-state index contributed by atoms with van der Waals surface area (Å²) < 4.78 is 1.68. The van der Waals surface area contributed by atoms with Gasteiger partial charge in [0.2, 0.25) is 0 Å². The van der Waals surface area contributed by atoms with Crippen molar-refractivity contribution in [2.24, 2.45) is 0 Å². The fraction of sp³-hybridized carbons (Fsp3) is 0.316. The first-order chi connectivity index (χ1) is 12.3. The van der Waals surface area contributed by atoms with E-state index in [2.05, 4.69) is 31.7 Å². The molecule has 2 aromatic heterocycles. The first kappa shape index (κ1) is 17.7. The Bertz CT molecular complexity index is 911. The third-order valence-electron chi connectivity index (χ3n) is 4.00. The Balaban J connectivity index is 1.68. The van der Waals surface area contributed by atoms with Crippen molar-refractivity contribution in [3.05, 3.63) is 59.8 Å². The maximum Gasteiger partial charge on any atom is 0.273 e. The van der Waals surface area contributed by atoms with Crippen LogP contribution in [-0.2, 0) is 12.1 Å². The summed E-state index contributed by atoms with van der Waals surface area (Å²) in [6.07, 6.45) is 4.76. The van der Waals surface area contributed by atoms with Crippen molar-refractivity contribution in [3.8, 4) is 11.3 Å². The Morgan fingerprint density at radius 3 is 2.73 bits per heavy atom. The summed E-state index contributed by atoms with van der Waals surface area (Å²) in [7, 11) is 0. The zero-order valence-electron chi connectivity index (χ0n) is 15.3. The summed E-state index contributed by atoms with van der Waals surface area (Å²) in [6, 6.07) is 8.97. The summed E-state index contributed by atoms with van der Waals surface area (Å²) in [4.78, 5) is 20.4. The molecule has 1 radical (unpaired) electrons. The Morgan fingerprint density at radius 1 is 1.31 bits per heavy atom. The first-order valence-electron chi connectivity index (χ1n) is 8.33. The largest absolute Gasteiger partial charge is 0.347 e. The molecule has 0 aliphatic carbocycles. The lowest BCUT2D eigenvalue weighted by atomic mass is 10.0. The molecule has 0 fully saturated rings. The summed E-state index contributed by atoms with van der Waals surface area (Å²) in [6.45, 7) is 8.43. The van der Waals surface area contributed by atoms with Crippen LogP contribution in [0.2, 0.25) is 0 Å². The summed E-state index contributed by atoms with van der Waals surface area (Å²) in [5.41, 5.74) is 3.90. The third-order valence-corrected chi connectivity index (χ3v) is 4.00. The number of nitrogens with one attached hydrogen (secondary N) is 1. The molecular weight excluding hydrogens is 328 g/mol. The van der Waals surface area contributed by atoms with Gasteiger partial charge in [0.1, 0.15) is 6.33 Å². The first-order valence-corrected chi connectivity index (χ1v) is 8.33. The molecule has 0 spiro atoms. The van der Waals surface area contributed by atoms with Crippen LogP contribution < -0.4 is 5.32 Å². The molecule has 0 saturated heterocycles. The van der Waals surface area contributed by atoms with Gasteiger partial charge in [0, 0.05) is 24.4 Å². The average Bonchev–Trinajstić information content (AvgIpc) is 3.12. The zero-order chi connectivity index (χ0) is 18.7. The standard InChI is InChI=1S/C19H21N6O/c1-13-9-14(16-7-8-20-12-22-16)5-6-15(13)10-21-18(26)17-11-25(24-23-17)19(2,3)4/h5-6,8-9,11-12H,10H2,1-4H3,(H,21,26). The van der Waals surface area contributed by atoms with Crippen molar-refractivity contribution < 1.29 is 4.79 Å². The molecule has 2 heterocycles. The lowest BCUT2D eigenvalue weighted by molar-refractivity contribution is 0.0946. The molecule has 0 unspecified atom stereocenters. The second-order valence-corrected chi connectivity index (χ2v) is 7.06. The van der Waals surface area contributed by atoms with Crippen LogP contribution in [0.25, 0.3) is 11.3 Å². The van der Waals surface area contributed by atoms with Gasteiger partial charge >= 0.3 is 0 Å². The number of aryl methyl sites for hydroxylation is 1. The van der Waals surface area contributed by atoms with Crippen LogP contribution in [0.1, 0.15) is 42.4 Å². The van der Waals surface area contributed by atoms with Crippen LogP contribution >= 0.6 is 0 Å². The van der Waals surface area contributed by atoms with Crippen LogP contribution in [0.3, 0.4) is 0 Å². The van der Waals surface area contributed by atoms with E-state index in [4.69, 9.17) is 0 Å². The molecule has 7 heteroatoms. The molecule has 1 amide bonds. The monoisotopic (exact) mass is 349 g/mol. The molecule has 1 N–H and O–H groups in total. The number of carbonyl (C=O) groups is 1. The van der Waals surface area contributed by atoms with E-state index in [0.29, 0.717) is 12.2 Å². The van der Waals surface area contributed by atoms with E-state index < -0.39 is 0 Å². The maximum absolute atomic E-state index is 12.3. The van der Waals surface area contributed by atoms with Crippen molar-refractivity contribution in [1.29, 1.82) is 0 Å². The van der Waals surface area contributed by atoms with Gasteiger partial charge in [-0.25, -0.2) is 14.6 Å². The number of hydrogen-bond donors (Lipinski definition) is 1. The van der Waals surface area contributed by atoms with Crippen molar-refractivity contribution in [2.75, 3.05) is 0 Å². The van der Waals surface area contributed by atoms with Gasteiger partial charge < -0.3 is 5.32 Å². The Hall–Kier alpha value is -3.09. The fourth-order valence-corrected chi connectivity index (χ4v) is 2.42. The van der Waals surface area contributed by atoms with Crippen molar-refractivity contribution in [3.63, 3.8) is 0 Å². The van der Waals surface area contributed by atoms with E-state index in [1.54, 1.807) is 17.1 Å². The van der Waals surface area contributed by atoms with E-state index in [1.807, 2.05) is 45.9 Å². The molecule has 0 atom stereocenters. The van der Waals surface area contributed by atoms with Crippen molar-refractivity contribution >= 4 is 5.91 Å². The number of nitrogens with zero attached hydrogens (tertiary/aromatic N) is 5. The predicted octanol–water partition coefficient (Wildman–Crippen LogP) is 2.53. The highest BCUT2D eigenvalue weighted by atomic mass is 16.2. The third kappa shape index (κ3) is 3.93. The number of carbonyl (C=O) groups excluding carboxylic acids is 1. The summed E-state index contributed by atoms with van der Waals surface area (Å²) in [5.74, 6) is -0.242. The van der Waals surface area contributed by atoms with Crippen LogP contribution in [0.4, 0.5) is 0 Å². The minimum absolute atomic E-state index is 0.212. The summed E-state index contributed by atoms with van der Waals surface area (Å²) in [5, 5.41) is 10.9. The van der Waals surface area contributed by atoms with Gasteiger partial charge in [0.15, 0.2) is 5.69 Å². The van der Waals surface area contributed by atoms with E-state index in [1.165, 1.54) is 6.33 Å². The predicted molar refractivity (Wildman–Crippen MR) is 97.2 cm³/mol. The minimum atomic E-state index is -0.242. The van der Waals surface area contributed by atoms with E-state index in [0.717, 1.165) is 22.4 Å². The highest BCUT2D eigenvalue weighted by molar-refractivity contribution is 5.91. The highest BCUT2D eigenvalue weighted by Gasteiger charge is 2.18. The lowest BCUT2D eigenvalue weighted by Crippen LogP contribution is -2.24. The Kier molecular flexibility index (Phi) is 4.79. The zero-order valence-corrected chi connectivity index (χ0v) is 15.3. The Morgan fingerprint density at radius 2 is 2.12 bits per heavy atom. The molecule has 0 saturated carbocycles. The van der Waals surface area contributed by atoms with Gasteiger partial charge in [-0.15, -0.1) is 5.10 Å². The normalized spacial score (nSPS) is 11.4. The molecule has 0 aliphatic rings. The van der Waals surface area contributed by atoms with Crippen molar-refractivity contribution in [1.82, 2.24) is 30.3 Å². The Labute approximate surface area is 152 Å². The minimum Gasteiger partial charge on any atom is -0.347 e. The molecule has 1 aromatic carbocycles. The van der Waals surface area contributed by atoms with E-state index in [9.17, 15) is 4.79 Å². The van der Waals surface area contributed by atoms with Gasteiger partial charge in [0.05, 0.1) is 17.4 Å². The molecule has 0 aliphatic heterocycles. The highest BCUT2D eigenvalue weighted by Crippen LogP contribution is 2.19. The molecular formula is C19H21N6O. The van der Waals surface area contributed by atoms with Gasteiger partial charge in [-0.05, 0) is 44.9 Å². The smallest absolute Gasteiger partial charge is 0.273 e. The second kappa shape index (κ2) is 7.03. The molecule has 26 heavy (non-hydrogen) atoms. The average molecular weight is 349 g/mol. The van der Waals surface area contributed by atoms with Crippen LogP contribution in [0, 0.1) is 13.0 Å². The van der Waals surface area contributed by atoms with E-state index >= 15 is 0 Å². The molecule has 133 valence electrons. The number of hydrogen-bond acceptors (Lipinski definition) is 5. The van der Waals surface area contributed by atoms with Crippen LogP contribution in [0.15, 0.2) is 36.9 Å². The number of rotatable bonds is 4. The van der Waals surface area contributed by atoms with Gasteiger partial charge in [-0.1, -0.05) is 17.3 Å². The summed E-state index contributed by atoms with van der Waals surface area (Å²) >= 11 is 0. The van der Waals surface area contributed by atoms with Crippen molar-refractivity contribution in [2.45, 2.75) is 39.8 Å². The quantitative estimate of drug-likeness (QED) is 0.782. The molecule has 0 bridgehead atoms. The second-order valence-electron chi connectivity index (χ2n) is 7.06. The van der Waals surface area contributed by atoms with Crippen LogP contribution in [0.5, 0.6) is 0 Å². The number of benzene rings is 1. The molecule has 3 aromatic rings. The topological polar surface area (TPSA) is 85.6 Å². The van der Waals surface area contributed by atoms with Gasteiger partial charge in [-0.2, -0.15) is 0 Å². The molecule has 3 rings (SSSR count). The SMILES string of the molecule is Cc1cc(-c2[c]cncn2)ccc1CNC(=O)c1cn(C(C)(C)C)nn1. The van der Waals surface area contributed by atoms with Crippen LogP contribution in [-0.4, -0.2) is 30.9 Å². The number of amides is 1. The molecule has 7 nitrogen and oxygen atoms in total. The maximum atomic E-state index is 12.3. The fourth-order valence-electron chi connectivity index (χ4n) is 2.42. The number of aromatic nitrogens is 5. The van der Waals surface area contributed by atoms with E-state index in [-0.39, 0.29) is 11.4 Å².